The molecular weight excluding hydrogens is 278 g/mol. The van der Waals surface area contributed by atoms with Gasteiger partial charge in [-0.1, -0.05) is 89.3 Å². The van der Waals surface area contributed by atoms with Gasteiger partial charge in [0.1, 0.15) is 0 Å². The topological polar surface area (TPSA) is 26.0 Å². The fraction of sp³-hybridized carbons (Fsp3) is 0.545. The molecule has 0 aromatic heterocycles. The van der Waals surface area contributed by atoms with Crippen molar-refractivity contribution in [3.8, 4) is 0 Å². The van der Waals surface area contributed by atoms with Crippen molar-refractivity contribution >= 4 is 0 Å². The van der Waals surface area contributed by atoms with Crippen molar-refractivity contribution in [2.45, 2.75) is 71.1 Å². The van der Waals surface area contributed by atoms with Crippen LogP contribution in [0.1, 0.15) is 70.4 Å². The Morgan fingerprint density at radius 3 is 2.48 bits per heavy atom. The molecule has 2 atom stereocenters. The Labute approximate surface area is 142 Å². The quantitative estimate of drug-likeness (QED) is 0.595. The van der Waals surface area contributed by atoms with Gasteiger partial charge in [-0.25, -0.2) is 0 Å². The average Bonchev–Trinajstić information content (AvgIpc) is 2.55. The number of nitrogens with two attached hydrogens (primary N) is 1. The van der Waals surface area contributed by atoms with Gasteiger partial charge in [-0.2, -0.15) is 0 Å². The number of unbranched alkanes of at least 4 members (excludes halogenated alkanes) is 3. The first-order valence-corrected chi connectivity index (χ1v) is 9.28. The fourth-order valence-electron chi connectivity index (χ4n) is 3.41. The minimum Gasteiger partial charge on any atom is -0.399 e. The zero-order valence-electron chi connectivity index (χ0n) is 15.1. The van der Waals surface area contributed by atoms with E-state index in [-0.39, 0.29) is 5.41 Å². The van der Waals surface area contributed by atoms with Gasteiger partial charge < -0.3 is 5.73 Å². The maximum Gasteiger partial charge on any atom is 0.0270 e. The third-order valence-electron chi connectivity index (χ3n) is 5.15. The number of rotatable bonds is 8. The molecule has 0 heterocycles. The largest absolute Gasteiger partial charge is 0.399 e. The van der Waals surface area contributed by atoms with E-state index in [4.69, 9.17) is 5.73 Å². The van der Waals surface area contributed by atoms with E-state index in [2.05, 4.69) is 57.2 Å². The van der Waals surface area contributed by atoms with Gasteiger partial charge in [0.25, 0.3) is 0 Å². The molecule has 2 rings (SSSR count). The van der Waals surface area contributed by atoms with Gasteiger partial charge in [-0.3, -0.25) is 0 Å². The van der Waals surface area contributed by atoms with E-state index in [0.29, 0.717) is 0 Å². The summed E-state index contributed by atoms with van der Waals surface area (Å²) in [7, 11) is 0. The molecule has 2 N–H and O–H groups in total. The maximum absolute atomic E-state index is 5.85. The standard InChI is InChI=1S/C22H33N/c1-4-5-6-7-8-18(2)17-19-9-11-20(12-10-19)22(3)15-13-21(23)14-16-22/h9-15,18H,4-8,16-17,23H2,1-3H3. The SMILES string of the molecule is CCCCCCC(C)Cc1ccc(C2(C)C=CC(N)=CC2)cc1. The Hall–Kier alpha value is -1.50. The number of allylic oxidation sites excluding steroid dienone is 3. The second kappa shape index (κ2) is 8.38. The van der Waals surface area contributed by atoms with Gasteiger partial charge in [-0.05, 0) is 36.0 Å². The molecule has 1 aliphatic rings. The second-order valence-corrected chi connectivity index (χ2v) is 7.51. The van der Waals surface area contributed by atoms with Gasteiger partial charge in [0.15, 0.2) is 0 Å². The molecule has 1 nitrogen and oxygen atoms in total. The molecule has 0 fully saturated rings. The predicted molar refractivity (Wildman–Crippen MR) is 101 cm³/mol. The lowest BCUT2D eigenvalue weighted by Crippen LogP contribution is -2.21. The third kappa shape index (κ3) is 5.27. The van der Waals surface area contributed by atoms with Crippen LogP contribution in [0.4, 0.5) is 0 Å². The van der Waals surface area contributed by atoms with Gasteiger partial charge in [-0.15, -0.1) is 0 Å². The van der Waals surface area contributed by atoms with Crippen molar-refractivity contribution < 1.29 is 0 Å². The van der Waals surface area contributed by atoms with Crippen LogP contribution in [-0.4, -0.2) is 0 Å². The summed E-state index contributed by atoms with van der Waals surface area (Å²) in [6, 6.07) is 9.24. The molecule has 0 saturated carbocycles. The first-order chi connectivity index (χ1) is 11.0. The summed E-state index contributed by atoms with van der Waals surface area (Å²) in [6.07, 6.45) is 15.4. The Morgan fingerprint density at radius 1 is 1.13 bits per heavy atom. The van der Waals surface area contributed by atoms with Crippen LogP contribution in [0.5, 0.6) is 0 Å². The molecular formula is C22H33N. The number of benzene rings is 1. The van der Waals surface area contributed by atoms with Crippen molar-refractivity contribution in [2.75, 3.05) is 0 Å². The number of hydrogen-bond donors (Lipinski definition) is 1. The van der Waals surface area contributed by atoms with Gasteiger partial charge in [0, 0.05) is 11.1 Å². The summed E-state index contributed by atoms with van der Waals surface area (Å²) in [5.41, 5.74) is 9.68. The summed E-state index contributed by atoms with van der Waals surface area (Å²) in [6.45, 7) is 6.95. The molecule has 0 amide bonds. The molecule has 2 unspecified atom stereocenters. The van der Waals surface area contributed by atoms with Crippen molar-refractivity contribution in [1.29, 1.82) is 0 Å². The minimum absolute atomic E-state index is 0.0904. The smallest absolute Gasteiger partial charge is 0.0270 e. The van der Waals surface area contributed by atoms with Crippen LogP contribution in [0.15, 0.2) is 48.2 Å². The molecule has 0 saturated heterocycles. The summed E-state index contributed by atoms with van der Waals surface area (Å²) in [5, 5.41) is 0. The molecule has 1 aromatic carbocycles. The summed E-state index contributed by atoms with van der Waals surface area (Å²) in [5.74, 6) is 0.783. The predicted octanol–water partition coefficient (Wildman–Crippen LogP) is 5.90. The van der Waals surface area contributed by atoms with Crippen LogP contribution in [0.25, 0.3) is 0 Å². The first kappa shape index (κ1) is 17.8. The Kier molecular flexibility index (Phi) is 6.50. The Balaban J connectivity index is 1.88. The van der Waals surface area contributed by atoms with Gasteiger partial charge in [0.2, 0.25) is 0 Å². The van der Waals surface area contributed by atoms with E-state index in [9.17, 15) is 0 Å². The zero-order chi connectivity index (χ0) is 16.7. The molecule has 1 aliphatic carbocycles. The molecule has 0 spiro atoms. The van der Waals surface area contributed by atoms with Crippen LogP contribution in [0, 0.1) is 5.92 Å². The van der Waals surface area contributed by atoms with Crippen LogP contribution in [-0.2, 0) is 11.8 Å². The molecule has 23 heavy (non-hydrogen) atoms. The molecule has 1 heteroatoms. The lowest BCUT2D eigenvalue weighted by atomic mass is 9.76. The van der Waals surface area contributed by atoms with Crippen molar-refractivity contribution in [2.24, 2.45) is 11.7 Å². The second-order valence-electron chi connectivity index (χ2n) is 7.51. The molecule has 0 radical (unpaired) electrons. The van der Waals surface area contributed by atoms with E-state index >= 15 is 0 Å². The van der Waals surface area contributed by atoms with Crippen molar-refractivity contribution in [1.82, 2.24) is 0 Å². The summed E-state index contributed by atoms with van der Waals surface area (Å²) >= 11 is 0. The van der Waals surface area contributed by atoms with Crippen LogP contribution in [0.2, 0.25) is 0 Å². The highest BCUT2D eigenvalue weighted by Crippen LogP contribution is 2.33. The first-order valence-electron chi connectivity index (χ1n) is 9.28. The zero-order valence-corrected chi connectivity index (χ0v) is 15.1. The molecule has 0 bridgehead atoms. The Bertz CT molecular complexity index is 538. The van der Waals surface area contributed by atoms with Gasteiger partial charge in [0.05, 0.1) is 0 Å². The Morgan fingerprint density at radius 2 is 1.87 bits per heavy atom. The summed E-state index contributed by atoms with van der Waals surface area (Å²) in [4.78, 5) is 0. The number of hydrogen-bond acceptors (Lipinski definition) is 1. The van der Waals surface area contributed by atoms with E-state index in [1.807, 2.05) is 6.08 Å². The molecule has 1 aromatic rings. The third-order valence-corrected chi connectivity index (χ3v) is 5.15. The van der Waals surface area contributed by atoms with Gasteiger partial charge >= 0.3 is 0 Å². The van der Waals surface area contributed by atoms with Crippen LogP contribution >= 0.6 is 0 Å². The van der Waals surface area contributed by atoms with Crippen molar-refractivity contribution in [3.63, 3.8) is 0 Å². The minimum atomic E-state index is 0.0904. The van der Waals surface area contributed by atoms with E-state index in [1.54, 1.807) is 0 Å². The normalized spacial score (nSPS) is 22.0. The molecule has 0 aliphatic heterocycles. The van der Waals surface area contributed by atoms with E-state index < -0.39 is 0 Å². The highest BCUT2D eigenvalue weighted by molar-refractivity contribution is 5.38. The average molecular weight is 312 g/mol. The van der Waals surface area contributed by atoms with Crippen LogP contribution < -0.4 is 5.73 Å². The maximum atomic E-state index is 5.85. The fourth-order valence-corrected chi connectivity index (χ4v) is 3.41. The monoisotopic (exact) mass is 311 g/mol. The molecule has 126 valence electrons. The lowest BCUT2D eigenvalue weighted by Gasteiger charge is -2.28. The highest BCUT2D eigenvalue weighted by Gasteiger charge is 2.24. The summed E-state index contributed by atoms with van der Waals surface area (Å²) < 4.78 is 0. The van der Waals surface area contributed by atoms with Crippen LogP contribution in [0.3, 0.4) is 0 Å². The van der Waals surface area contributed by atoms with E-state index in [0.717, 1.165) is 18.0 Å². The lowest BCUT2D eigenvalue weighted by molar-refractivity contribution is 0.487. The van der Waals surface area contributed by atoms with Crippen molar-refractivity contribution in [3.05, 3.63) is 59.3 Å². The highest BCUT2D eigenvalue weighted by atomic mass is 14.6. The van der Waals surface area contributed by atoms with E-state index in [1.165, 1.54) is 49.7 Å².